The lowest BCUT2D eigenvalue weighted by atomic mass is 10.1. The molecule has 0 aliphatic carbocycles. The summed E-state index contributed by atoms with van der Waals surface area (Å²) in [6, 6.07) is 6.83. The van der Waals surface area contributed by atoms with Gasteiger partial charge in [-0.1, -0.05) is 12.1 Å². The Bertz CT molecular complexity index is 347. The topological polar surface area (TPSA) is 49.8 Å². The van der Waals surface area contributed by atoms with Gasteiger partial charge in [0.2, 0.25) is 0 Å². The molecule has 0 bridgehead atoms. The number of nitrogens with zero attached hydrogens (tertiary/aromatic N) is 1. The molecule has 0 saturated heterocycles. The fraction of sp³-hybridized carbons (Fsp3) is 0.364. The van der Waals surface area contributed by atoms with Crippen LogP contribution in [0.25, 0.3) is 0 Å². The Morgan fingerprint density at radius 2 is 2.13 bits per heavy atom. The van der Waals surface area contributed by atoms with Crippen molar-refractivity contribution in [2.24, 2.45) is 0 Å². The van der Waals surface area contributed by atoms with E-state index in [0.29, 0.717) is 5.75 Å². The van der Waals surface area contributed by atoms with Crippen molar-refractivity contribution in [3.8, 4) is 5.75 Å². The van der Waals surface area contributed by atoms with Gasteiger partial charge < -0.3 is 14.7 Å². The van der Waals surface area contributed by atoms with E-state index in [0.717, 1.165) is 5.56 Å². The second-order valence-electron chi connectivity index (χ2n) is 3.51. The molecule has 1 aromatic rings. The van der Waals surface area contributed by atoms with Crippen molar-refractivity contribution in [2.45, 2.75) is 13.0 Å². The second kappa shape index (κ2) is 4.79. The van der Waals surface area contributed by atoms with Gasteiger partial charge in [0.15, 0.2) is 0 Å². The Labute approximate surface area is 89.1 Å². The van der Waals surface area contributed by atoms with Gasteiger partial charge in [-0.05, 0) is 24.6 Å². The number of carbonyl (C=O) groups is 1. The molecule has 1 atom stereocenters. The number of carbonyl (C=O) groups excluding carboxylic acids is 1. The van der Waals surface area contributed by atoms with Crippen molar-refractivity contribution >= 4 is 6.09 Å². The zero-order valence-electron chi connectivity index (χ0n) is 9.10. The van der Waals surface area contributed by atoms with Crippen LogP contribution in [0.1, 0.15) is 18.6 Å². The maximum absolute atomic E-state index is 11.2. The lowest BCUT2D eigenvalue weighted by Crippen LogP contribution is -2.25. The highest BCUT2D eigenvalue weighted by atomic mass is 16.6. The largest absolute Gasteiger partial charge is 0.414 e. The Morgan fingerprint density at radius 1 is 1.47 bits per heavy atom. The van der Waals surface area contributed by atoms with Crippen LogP contribution in [0, 0.1) is 0 Å². The molecule has 0 heterocycles. The molecule has 0 spiro atoms. The summed E-state index contributed by atoms with van der Waals surface area (Å²) in [4.78, 5) is 12.6. The summed E-state index contributed by atoms with van der Waals surface area (Å²) < 4.78 is 5.04. The fourth-order valence-electron chi connectivity index (χ4n) is 1.03. The van der Waals surface area contributed by atoms with E-state index in [9.17, 15) is 9.90 Å². The minimum atomic E-state index is -0.567. The summed E-state index contributed by atoms with van der Waals surface area (Å²) in [6.07, 6.45) is -0.999. The van der Waals surface area contributed by atoms with E-state index in [2.05, 4.69) is 0 Å². The van der Waals surface area contributed by atoms with Gasteiger partial charge in [-0.3, -0.25) is 0 Å². The standard InChI is InChI=1S/C11H15NO3/c1-8(13)9-5-4-6-10(7-9)15-11(14)12(2)3/h4-8,13H,1-3H3. The predicted octanol–water partition coefficient (Wildman–Crippen LogP) is 1.80. The molecule has 82 valence electrons. The molecule has 1 unspecified atom stereocenters. The van der Waals surface area contributed by atoms with Crippen LogP contribution in [-0.4, -0.2) is 30.2 Å². The van der Waals surface area contributed by atoms with Crippen molar-refractivity contribution in [3.63, 3.8) is 0 Å². The number of ether oxygens (including phenoxy) is 1. The smallest absolute Gasteiger partial charge is 0.410 e. The zero-order valence-corrected chi connectivity index (χ0v) is 9.10. The molecule has 0 aliphatic rings. The van der Waals surface area contributed by atoms with Crippen molar-refractivity contribution in [1.82, 2.24) is 4.90 Å². The predicted molar refractivity (Wildman–Crippen MR) is 56.8 cm³/mol. The summed E-state index contributed by atoms with van der Waals surface area (Å²) in [5.74, 6) is 0.437. The summed E-state index contributed by atoms with van der Waals surface area (Å²) >= 11 is 0. The lowest BCUT2D eigenvalue weighted by molar-refractivity contribution is 0.171. The van der Waals surface area contributed by atoms with Crippen LogP contribution in [0.15, 0.2) is 24.3 Å². The first-order valence-electron chi connectivity index (χ1n) is 4.68. The Hall–Kier alpha value is -1.55. The van der Waals surface area contributed by atoms with Crippen molar-refractivity contribution in [1.29, 1.82) is 0 Å². The van der Waals surface area contributed by atoms with Gasteiger partial charge >= 0.3 is 6.09 Å². The SMILES string of the molecule is CC(O)c1cccc(OC(=O)N(C)C)c1. The van der Waals surface area contributed by atoms with E-state index in [4.69, 9.17) is 4.74 Å². The number of rotatable bonds is 2. The molecule has 4 nitrogen and oxygen atoms in total. The molecule has 1 N–H and O–H groups in total. The van der Waals surface area contributed by atoms with Crippen LogP contribution < -0.4 is 4.74 Å². The number of amides is 1. The average molecular weight is 209 g/mol. The first kappa shape index (κ1) is 11.5. The Kier molecular flexibility index (Phi) is 3.68. The molecule has 0 aliphatic heterocycles. The summed E-state index contributed by atoms with van der Waals surface area (Å²) in [7, 11) is 3.22. The van der Waals surface area contributed by atoms with E-state index in [-0.39, 0.29) is 0 Å². The summed E-state index contributed by atoms with van der Waals surface area (Å²) in [6.45, 7) is 1.66. The third kappa shape index (κ3) is 3.25. The molecular formula is C11H15NO3. The maximum Gasteiger partial charge on any atom is 0.414 e. The molecule has 0 radical (unpaired) electrons. The molecule has 0 saturated carbocycles. The van der Waals surface area contributed by atoms with Gasteiger partial charge in [-0.25, -0.2) is 4.79 Å². The first-order valence-corrected chi connectivity index (χ1v) is 4.68. The molecule has 1 amide bonds. The second-order valence-corrected chi connectivity index (χ2v) is 3.51. The van der Waals surface area contributed by atoms with Gasteiger partial charge in [0.05, 0.1) is 6.10 Å². The monoisotopic (exact) mass is 209 g/mol. The van der Waals surface area contributed by atoms with Crippen molar-refractivity contribution < 1.29 is 14.6 Å². The van der Waals surface area contributed by atoms with Crippen molar-refractivity contribution in [3.05, 3.63) is 29.8 Å². The van der Waals surface area contributed by atoms with E-state index >= 15 is 0 Å². The van der Waals surface area contributed by atoms with Crippen LogP contribution in [0.4, 0.5) is 4.79 Å². The highest BCUT2D eigenvalue weighted by Crippen LogP contribution is 2.19. The highest BCUT2D eigenvalue weighted by Gasteiger charge is 2.08. The Balaban J connectivity index is 2.78. The first-order chi connectivity index (χ1) is 7.00. The van der Waals surface area contributed by atoms with Crippen LogP contribution in [-0.2, 0) is 0 Å². The van der Waals surface area contributed by atoms with Crippen molar-refractivity contribution in [2.75, 3.05) is 14.1 Å². The fourth-order valence-corrected chi connectivity index (χ4v) is 1.03. The number of benzene rings is 1. The van der Waals surface area contributed by atoms with Crippen LogP contribution in [0.2, 0.25) is 0 Å². The average Bonchev–Trinajstić information content (AvgIpc) is 2.18. The number of aliphatic hydroxyl groups is 1. The zero-order chi connectivity index (χ0) is 11.4. The molecule has 1 rings (SSSR count). The molecule has 0 fully saturated rings. The highest BCUT2D eigenvalue weighted by molar-refractivity contribution is 5.69. The molecule has 15 heavy (non-hydrogen) atoms. The molecule has 0 aromatic heterocycles. The van der Waals surface area contributed by atoms with Gasteiger partial charge in [-0.15, -0.1) is 0 Å². The van der Waals surface area contributed by atoms with Gasteiger partial charge in [0, 0.05) is 14.1 Å². The van der Waals surface area contributed by atoms with Gasteiger partial charge in [0.1, 0.15) is 5.75 Å². The van der Waals surface area contributed by atoms with Crippen LogP contribution in [0.5, 0.6) is 5.75 Å². The van der Waals surface area contributed by atoms with Crippen LogP contribution >= 0.6 is 0 Å². The number of hydrogen-bond acceptors (Lipinski definition) is 3. The van der Waals surface area contributed by atoms with E-state index in [1.54, 1.807) is 45.3 Å². The van der Waals surface area contributed by atoms with Gasteiger partial charge in [0.25, 0.3) is 0 Å². The summed E-state index contributed by atoms with van der Waals surface area (Å²) in [5.41, 5.74) is 0.721. The van der Waals surface area contributed by atoms with E-state index < -0.39 is 12.2 Å². The van der Waals surface area contributed by atoms with E-state index in [1.165, 1.54) is 4.90 Å². The summed E-state index contributed by atoms with van der Waals surface area (Å²) in [5, 5.41) is 9.34. The van der Waals surface area contributed by atoms with Crippen LogP contribution in [0.3, 0.4) is 0 Å². The third-order valence-corrected chi connectivity index (χ3v) is 1.91. The lowest BCUT2D eigenvalue weighted by Gasteiger charge is -2.12. The molecule has 4 heteroatoms. The van der Waals surface area contributed by atoms with E-state index in [1.807, 2.05) is 0 Å². The molecular weight excluding hydrogens is 194 g/mol. The normalized spacial score (nSPS) is 12.0. The molecule has 1 aromatic carbocycles. The maximum atomic E-state index is 11.2. The third-order valence-electron chi connectivity index (χ3n) is 1.91. The number of hydrogen-bond donors (Lipinski definition) is 1. The minimum absolute atomic E-state index is 0.433. The van der Waals surface area contributed by atoms with Gasteiger partial charge in [-0.2, -0.15) is 0 Å². The number of aliphatic hydroxyl groups excluding tert-OH is 1. The quantitative estimate of drug-likeness (QED) is 0.808. The minimum Gasteiger partial charge on any atom is -0.410 e. The Morgan fingerprint density at radius 3 is 2.67 bits per heavy atom.